The number of aliphatic hydroxyl groups excluding tert-OH is 3. The van der Waals surface area contributed by atoms with Gasteiger partial charge in [0.25, 0.3) is 5.91 Å². The Morgan fingerprint density at radius 2 is 1.35 bits per heavy atom. The molecule has 4 aromatic carbocycles. The molecule has 0 saturated carbocycles. The van der Waals surface area contributed by atoms with E-state index < -0.39 is 101 Å². The minimum atomic E-state index is -3.05. The number of nitrogens with one attached hydrogen (secondary N) is 2. The Labute approximate surface area is 365 Å². The van der Waals surface area contributed by atoms with E-state index in [1.807, 2.05) is 18.2 Å². The monoisotopic (exact) mass is 876 g/mol. The van der Waals surface area contributed by atoms with Gasteiger partial charge in [0, 0.05) is 11.5 Å². The molecule has 7 rings (SSSR count). The molecule has 0 aliphatic heterocycles. The molecule has 15 heteroatoms. The maximum absolute atomic E-state index is 14.2. The molecule has 0 radical (unpaired) electrons. The summed E-state index contributed by atoms with van der Waals surface area (Å²) in [5.74, 6) is -11.3. The SMILES string of the molecule is C[C@H]1c2ccc(NC(=O)CNC(=O)CCCCC[PH](c3ccccc3)(c3ccccc3)c3ccccc3)c(O)c2C(=O)C2=C(O)[C@]3(O)C(=O)C(C(N)=O)=C(O)[C@@H](N(C)C)[C@@H]3[C@@H](O)[C@@H]21. The average Bonchev–Trinajstić information content (AvgIpc) is 3.27. The van der Waals surface area contributed by atoms with Crippen LogP contribution in [0.15, 0.2) is 126 Å². The number of carbonyl (C=O) groups excluding carboxylic acids is 5. The van der Waals surface area contributed by atoms with Crippen LogP contribution in [0.2, 0.25) is 0 Å². The molecule has 0 bridgehead atoms. The zero-order chi connectivity index (χ0) is 45.4. The smallest absolute Gasteiger partial charge is 0.510 e. The van der Waals surface area contributed by atoms with Crippen molar-refractivity contribution in [2.45, 2.75) is 56.3 Å². The molecule has 63 heavy (non-hydrogen) atoms. The predicted octanol–water partition coefficient (Wildman–Crippen LogP) is 2.99. The Hall–Kier alpha value is -6.18. The first kappa shape index (κ1) is 44.9. The van der Waals surface area contributed by atoms with Crippen LogP contribution in [0.1, 0.15) is 54.4 Å². The van der Waals surface area contributed by atoms with Gasteiger partial charge in [-0.15, -0.1) is 0 Å². The predicted molar refractivity (Wildman–Crippen MR) is 241 cm³/mol. The van der Waals surface area contributed by atoms with Crippen molar-refractivity contribution in [2.75, 3.05) is 32.1 Å². The number of rotatable bonds is 14. The second-order valence-electron chi connectivity index (χ2n) is 16.9. The van der Waals surface area contributed by atoms with Gasteiger partial charge in [-0.3, -0.25) is 19.3 Å². The molecule has 0 aromatic heterocycles. The molecule has 0 unspecified atom stereocenters. The third kappa shape index (κ3) is 7.71. The minimum absolute atomic E-state index is 0.187. The molecule has 4 aromatic rings. The Kier molecular flexibility index (Phi) is 12.7. The van der Waals surface area contributed by atoms with Crippen LogP contribution in [0.25, 0.3) is 0 Å². The molecule has 14 nitrogen and oxygen atoms in total. The van der Waals surface area contributed by atoms with Crippen molar-refractivity contribution < 1.29 is 49.5 Å². The van der Waals surface area contributed by atoms with Crippen LogP contribution in [0, 0.1) is 11.8 Å². The molecule has 0 saturated heterocycles. The van der Waals surface area contributed by atoms with Crippen LogP contribution in [0.5, 0.6) is 5.75 Å². The van der Waals surface area contributed by atoms with Crippen LogP contribution in [0.4, 0.5) is 5.69 Å². The molecule has 3 aliphatic rings. The summed E-state index contributed by atoms with van der Waals surface area (Å²) in [7, 11) is 0.512. The Morgan fingerprint density at radius 3 is 1.87 bits per heavy atom. The van der Waals surface area contributed by atoms with E-state index in [-0.39, 0.29) is 29.1 Å². The van der Waals surface area contributed by atoms with E-state index in [1.54, 1.807) is 6.92 Å². The molecule has 6 atom stereocenters. The quantitative estimate of drug-likeness (QED) is 0.0397. The Bertz CT molecular complexity index is 2420. The number of hydrogen-bond donors (Lipinski definition) is 8. The van der Waals surface area contributed by atoms with Gasteiger partial charge in [0.1, 0.15) is 17.1 Å². The number of likely N-dealkylation sites (N-methyl/N-ethyl adjacent to an activating group) is 1. The molecule has 0 fully saturated rings. The van der Waals surface area contributed by atoms with Gasteiger partial charge in [0.05, 0.1) is 23.6 Å². The van der Waals surface area contributed by atoms with E-state index in [9.17, 15) is 49.5 Å². The van der Waals surface area contributed by atoms with E-state index in [0.29, 0.717) is 6.42 Å². The van der Waals surface area contributed by atoms with Crippen molar-refractivity contribution in [3.8, 4) is 5.75 Å². The summed E-state index contributed by atoms with van der Waals surface area (Å²) in [6.45, 7) is 1.18. The fourth-order valence-corrected chi connectivity index (χ4v) is 15.1. The number of hydrogen-bond acceptors (Lipinski definition) is 11. The summed E-state index contributed by atoms with van der Waals surface area (Å²) >= 11 is 0. The number of amides is 3. The van der Waals surface area contributed by atoms with Crippen molar-refractivity contribution >= 4 is 58.2 Å². The van der Waals surface area contributed by atoms with Gasteiger partial charge >= 0.3 is 202 Å². The fourth-order valence-electron chi connectivity index (χ4n) is 10.1. The second kappa shape index (κ2) is 17.9. The summed E-state index contributed by atoms with van der Waals surface area (Å²) in [4.78, 5) is 67.6. The number of fused-ring (bicyclic) bond motifs is 3. The third-order valence-corrected chi connectivity index (χ3v) is 18.2. The zero-order valence-corrected chi connectivity index (χ0v) is 36.2. The van der Waals surface area contributed by atoms with E-state index in [1.165, 1.54) is 47.0 Å². The van der Waals surface area contributed by atoms with Gasteiger partial charge in [-0.1, -0.05) is 13.0 Å². The number of ketones is 2. The van der Waals surface area contributed by atoms with Gasteiger partial charge < -0.3 is 31.3 Å². The van der Waals surface area contributed by atoms with Crippen molar-refractivity contribution in [2.24, 2.45) is 17.6 Å². The van der Waals surface area contributed by atoms with Gasteiger partial charge in [0.15, 0.2) is 11.4 Å². The zero-order valence-electron chi connectivity index (χ0n) is 35.2. The topological polar surface area (TPSA) is 240 Å². The summed E-state index contributed by atoms with van der Waals surface area (Å²) in [6, 6.07) is 33.2. The number of anilines is 1. The number of nitrogens with zero attached hydrogens (tertiary/aromatic N) is 1. The van der Waals surface area contributed by atoms with Crippen LogP contribution in [0.3, 0.4) is 0 Å². The van der Waals surface area contributed by atoms with Crippen LogP contribution < -0.4 is 32.3 Å². The van der Waals surface area contributed by atoms with Gasteiger partial charge in [0.2, 0.25) is 5.78 Å². The first-order valence-electron chi connectivity index (χ1n) is 21.0. The number of nitrogens with two attached hydrogens (primary N) is 1. The molecule has 0 spiro atoms. The second-order valence-corrected chi connectivity index (χ2v) is 20.9. The standard InChI is InChI=1S/C48H53N4O10P/c1-27-31-23-24-32(41(55)36(31)42(56)37-35(27)43(57)39-40(52(2)3)44(58)38(47(49)61)46(60)48(39,62)45(37)59)51-34(54)26-50-33(53)22-14-7-15-25-63(28-16-8-4-9-17-28,29-18-10-5-11-19-29)30-20-12-6-13-21-30/h4-6,8-13,16-21,23-24,27,35,39-40,43,55,57-59,62-63H,7,14-15,22,25-26H2,1-3H3,(H2,49,61)(H,50,53)(H,51,54)/t27-,35+,39+,40-,43-,48-/m0/s1. The van der Waals surface area contributed by atoms with E-state index in [2.05, 4.69) is 83.4 Å². The van der Waals surface area contributed by atoms with E-state index >= 15 is 0 Å². The molecule has 3 amide bonds. The minimum Gasteiger partial charge on any atom is -0.510 e. The third-order valence-electron chi connectivity index (χ3n) is 13.1. The van der Waals surface area contributed by atoms with Crippen molar-refractivity contribution in [1.82, 2.24) is 10.2 Å². The first-order valence-corrected chi connectivity index (χ1v) is 23.2. The number of aliphatic hydroxyl groups is 4. The molecule has 330 valence electrons. The van der Waals surface area contributed by atoms with Crippen molar-refractivity contribution in [1.29, 1.82) is 0 Å². The maximum atomic E-state index is 14.2. The molecule has 3 aliphatic carbocycles. The normalized spacial score (nSPS) is 23.4. The number of benzene rings is 4. The summed E-state index contributed by atoms with van der Waals surface area (Å²) < 4.78 is 0. The van der Waals surface area contributed by atoms with Crippen LogP contribution in [-0.4, -0.2) is 104 Å². The molecular weight excluding hydrogens is 824 g/mol. The molecule has 9 N–H and O–H groups in total. The Morgan fingerprint density at radius 1 is 0.794 bits per heavy atom. The van der Waals surface area contributed by atoms with E-state index in [0.717, 1.165) is 19.0 Å². The summed E-state index contributed by atoms with van der Waals surface area (Å²) in [6.07, 6.45) is 1.65. The summed E-state index contributed by atoms with van der Waals surface area (Å²) in [5, 5.41) is 66.9. The summed E-state index contributed by atoms with van der Waals surface area (Å²) in [5.41, 5.74) is 0.491. The number of primary amides is 1. The number of Topliss-reactive ketones (excluding diaryl/α,β-unsaturated/α-hetero) is 2. The molecule has 0 heterocycles. The number of carbonyl (C=O) groups is 5. The van der Waals surface area contributed by atoms with Gasteiger partial charge in [-0.05, 0) is 25.6 Å². The number of aromatic hydroxyl groups is 1. The van der Waals surface area contributed by atoms with E-state index in [4.69, 9.17) is 5.73 Å². The fraction of sp³-hybridized carbons (Fsp3) is 0.312. The van der Waals surface area contributed by atoms with Gasteiger partial charge in [-0.25, -0.2) is 0 Å². The molecular formula is C48H53N4O10P. The average molecular weight is 877 g/mol. The van der Waals surface area contributed by atoms with Gasteiger partial charge in [-0.2, -0.15) is 0 Å². The number of unbranched alkanes of at least 4 members (excludes halogenated alkanes) is 2. The number of phenols is 1. The number of phenolic OH excluding ortho intramolecular Hbond substituents is 1. The first-order chi connectivity index (χ1) is 30.1. The van der Waals surface area contributed by atoms with Crippen molar-refractivity contribution in [3.05, 3.63) is 137 Å². The Balaban J connectivity index is 1.01. The van der Waals surface area contributed by atoms with Crippen molar-refractivity contribution in [3.63, 3.8) is 0 Å². The van der Waals surface area contributed by atoms with Crippen LogP contribution in [-0.2, 0) is 19.2 Å². The van der Waals surface area contributed by atoms with Crippen LogP contribution >= 0.6 is 7.26 Å².